The van der Waals surface area contributed by atoms with Crippen molar-refractivity contribution in [3.8, 4) is 11.4 Å². The summed E-state index contributed by atoms with van der Waals surface area (Å²) in [7, 11) is 0. The molecule has 1 aliphatic rings. The van der Waals surface area contributed by atoms with Crippen LogP contribution in [0.25, 0.3) is 11.4 Å². The zero-order chi connectivity index (χ0) is 17.1. The van der Waals surface area contributed by atoms with Crippen molar-refractivity contribution in [2.24, 2.45) is 0 Å². The van der Waals surface area contributed by atoms with Crippen LogP contribution in [0.1, 0.15) is 5.89 Å². The van der Waals surface area contributed by atoms with Crippen LogP contribution in [0.3, 0.4) is 0 Å². The Kier molecular flexibility index (Phi) is 4.58. The van der Waals surface area contributed by atoms with E-state index in [1.54, 1.807) is 18.6 Å². The highest BCUT2D eigenvalue weighted by atomic mass is 35.5. The Bertz CT molecular complexity index is 815. The average Bonchev–Trinajstić information content (AvgIpc) is 3.12. The third-order valence-corrected chi connectivity index (χ3v) is 4.43. The summed E-state index contributed by atoms with van der Waals surface area (Å²) < 4.78 is 5.39. The van der Waals surface area contributed by atoms with Crippen LogP contribution in [0.2, 0.25) is 5.02 Å². The van der Waals surface area contributed by atoms with Gasteiger partial charge in [-0.15, -0.1) is 0 Å². The standard InChI is InChI=1S/C17H17ClN6O/c18-14-3-1-13(2-4-14)17-21-16(25-22-17)12-23-7-9-24(10-8-23)15-11-19-5-6-20-15/h1-6,11H,7-10,12H2. The van der Waals surface area contributed by atoms with Gasteiger partial charge in [0.2, 0.25) is 11.7 Å². The number of nitrogens with zero attached hydrogens (tertiary/aromatic N) is 6. The van der Waals surface area contributed by atoms with E-state index in [0.29, 0.717) is 23.3 Å². The molecule has 0 atom stereocenters. The van der Waals surface area contributed by atoms with Crippen molar-refractivity contribution in [1.29, 1.82) is 0 Å². The molecule has 3 heterocycles. The summed E-state index contributed by atoms with van der Waals surface area (Å²) >= 11 is 5.91. The van der Waals surface area contributed by atoms with E-state index in [4.69, 9.17) is 16.1 Å². The maximum absolute atomic E-state index is 5.91. The molecule has 7 nitrogen and oxygen atoms in total. The van der Waals surface area contributed by atoms with Gasteiger partial charge in [0.25, 0.3) is 0 Å². The molecule has 8 heteroatoms. The van der Waals surface area contributed by atoms with E-state index in [1.165, 1.54) is 0 Å². The monoisotopic (exact) mass is 356 g/mol. The molecule has 4 rings (SSSR count). The van der Waals surface area contributed by atoms with E-state index in [0.717, 1.165) is 37.6 Å². The van der Waals surface area contributed by atoms with Crippen LogP contribution >= 0.6 is 11.6 Å². The lowest BCUT2D eigenvalue weighted by atomic mass is 10.2. The van der Waals surface area contributed by atoms with Crippen molar-refractivity contribution in [3.63, 3.8) is 0 Å². The van der Waals surface area contributed by atoms with Gasteiger partial charge >= 0.3 is 0 Å². The first-order valence-corrected chi connectivity index (χ1v) is 8.47. The van der Waals surface area contributed by atoms with Crippen LogP contribution in [0.5, 0.6) is 0 Å². The molecule has 0 unspecified atom stereocenters. The minimum absolute atomic E-state index is 0.588. The highest BCUT2D eigenvalue weighted by Gasteiger charge is 2.20. The third kappa shape index (κ3) is 3.78. The second kappa shape index (κ2) is 7.16. The van der Waals surface area contributed by atoms with Gasteiger partial charge in [0, 0.05) is 49.2 Å². The SMILES string of the molecule is Clc1ccc(-c2noc(CN3CCN(c4cnccn4)CC3)n2)cc1. The van der Waals surface area contributed by atoms with Gasteiger partial charge in [-0.2, -0.15) is 4.98 Å². The predicted octanol–water partition coefficient (Wildman–Crippen LogP) is 2.50. The molecule has 128 valence electrons. The molecule has 1 saturated heterocycles. The first kappa shape index (κ1) is 16.0. The van der Waals surface area contributed by atoms with Gasteiger partial charge in [0.05, 0.1) is 12.7 Å². The maximum Gasteiger partial charge on any atom is 0.241 e. The second-order valence-electron chi connectivity index (χ2n) is 5.85. The van der Waals surface area contributed by atoms with E-state index in [-0.39, 0.29) is 0 Å². The summed E-state index contributed by atoms with van der Waals surface area (Å²) in [5, 5.41) is 4.75. The Morgan fingerprint density at radius 3 is 2.56 bits per heavy atom. The second-order valence-corrected chi connectivity index (χ2v) is 6.28. The van der Waals surface area contributed by atoms with E-state index in [1.807, 2.05) is 24.3 Å². The smallest absolute Gasteiger partial charge is 0.241 e. The number of hydrogen-bond acceptors (Lipinski definition) is 7. The molecule has 0 spiro atoms. The quantitative estimate of drug-likeness (QED) is 0.711. The van der Waals surface area contributed by atoms with Crippen LogP contribution in [0, 0.1) is 0 Å². The number of halogens is 1. The van der Waals surface area contributed by atoms with Gasteiger partial charge in [-0.3, -0.25) is 9.88 Å². The molecule has 0 amide bonds. The summed E-state index contributed by atoms with van der Waals surface area (Å²) in [5.74, 6) is 2.13. The Balaban J connectivity index is 1.35. The van der Waals surface area contributed by atoms with Gasteiger partial charge in [-0.25, -0.2) is 4.98 Å². The van der Waals surface area contributed by atoms with Gasteiger partial charge < -0.3 is 9.42 Å². The van der Waals surface area contributed by atoms with E-state index >= 15 is 0 Å². The average molecular weight is 357 g/mol. The number of anilines is 1. The Morgan fingerprint density at radius 1 is 1.04 bits per heavy atom. The molecule has 0 radical (unpaired) electrons. The van der Waals surface area contributed by atoms with Crippen molar-refractivity contribution >= 4 is 17.4 Å². The normalized spacial score (nSPS) is 15.5. The van der Waals surface area contributed by atoms with Crippen molar-refractivity contribution in [1.82, 2.24) is 25.0 Å². The van der Waals surface area contributed by atoms with E-state index < -0.39 is 0 Å². The molecular weight excluding hydrogens is 340 g/mol. The lowest BCUT2D eigenvalue weighted by Gasteiger charge is -2.34. The van der Waals surface area contributed by atoms with Gasteiger partial charge in [-0.1, -0.05) is 16.8 Å². The van der Waals surface area contributed by atoms with Crippen molar-refractivity contribution < 1.29 is 4.52 Å². The van der Waals surface area contributed by atoms with Crippen LogP contribution in [-0.4, -0.2) is 51.2 Å². The topological polar surface area (TPSA) is 71.2 Å². The van der Waals surface area contributed by atoms with Crippen LogP contribution in [0.15, 0.2) is 47.4 Å². The third-order valence-electron chi connectivity index (χ3n) is 4.18. The molecule has 25 heavy (non-hydrogen) atoms. The van der Waals surface area contributed by atoms with Crippen molar-refractivity contribution in [2.75, 3.05) is 31.1 Å². The van der Waals surface area contributed by atoms with Gasteiger partial charge in [-0.05, 0) is 24.3 Å². The molecule has 1 aliphatic heterocycles. The first-order valence-electron chi connectivity index (χ1n) is 8.10. The summed E-state index contributed by atoms with van der Waals surface area (Å²) in [6.07, 6.45) is 5.21. The number of hydrogen-bond donors (Lipinski definition) is 0. The molecule has 0 N–H and O–H groups in total. The fourth-order valence-electron chi connectivity index (χ4n) is 2.82. The Morgan fingerprint density at radius 2 is 1.84 bits per heavy atom. The number of rotatable bonds is 4. The van der Waals surface area contributed by atoms with Crippen LogP contribution < -0.4 is 4.90 Å². The van der Waals surface area contributed by atoms with Gasteiger partial charge in [0.15, 0.2) is 0 Å². The summed E-state index contributed by atoms with van der Waals surface area (Å²) in [5.41, 5.74) is 0.895. The molecule has 1 fully saturated rings. The van der Waals surface area contributed by atoms with Gasteiger partial charge in [0.1, 0.15) is 5.82 Å². The van der Waals surface area contributed by atoms with Crippen LogP contribution in [0.4, 0.5) is 5.82 Å². The van der Waals surface area contributed by atoms with Crippen LogP contribution in [-0.2, 0) is 6.54 Å². The number of aromatic nitrogens is 4. The molecule has 1 aromatic carbocycles. The van der Waals surface area contributed by atoms with E-state index in [2.05, 4.69) is 29.9 Å². The molecule has 0 aliphatic carbocycles. The fraction of sp³-hybridized carbons (Fsp3) is 0.294. The lowest BCUT2D eigenvalue weighted by molar-refractivity contribution is 0.215. The highest BCUT2D eigenvalue weighted by Crippen LogP contribution is 2.19. The maximum atomic E-state index is 5.91. The zero-order valence-electron chi connectivity index (χ0n) is 13.5. The summed E-state index contributed by atoms with van der Waals surface area (Å²) in [6.45, 7) is 4.27. The van der Waals surface area contributed by atoms with Crippen molar-refractivity contribution in [2.45, 2.75) is 6.54 Å². The number of piperazine rings is 1. The largest absolute Gasteiger partial charge is 0.353 e. The van der Waals surface area contributed by atoms with E-state index in [9.17, 15) is 0 Å². The minimum atomic E-state index is 0.588. The highest BCUT2D eigenvalue weighted by molar-refractivity contribution is 6.30. The summed E-state index contributed by atoms with van der Waals surface area (Å²) in [4.78, 5) is 17.5. The Hall–Kier alpha value is -2.51. The molecular formula is C17H17ClN6O. The minimum Gasteiger partial charge on any atom is -0.353 e. The fourth-order valence-corrected chi connectivity index (χ4v) is 2.94. The first-order chi connectivity index (χ1) is 12.3. The number of benzene rings is 1. The summed E-state index contributed by atoms with van der Waals surface area (Å²) in [6, 6.07) is 7.41. The zero-order valence-corrected chi connectivity index (χ0v) is 14.3. The predicted molar refractivity (Wildman–Crippen MR) is 94.3 cm³/mol. The Labute approximate surface area is 150 Å². The molecule has 0 bridgehead atoms. The lowest BCUT2D eigenvalue weighted by Crippen LogP contribution is -2.46. The van der Waals surface area contributed by atoms with Crippen molar-refractivity contribution in [3.05, 3.63) is 53.8 Å². The molecule has 3 aromatic rings. The molecule has 0 saturated carbocycles. The molecule has 2 aromatic heterocycles.